The first kappa shape index (κ1) is 21.3. The molecule has 158 valence electrons. The predicted octanol–water partition coefficient (Wildman–Crippen LogP) is 2.81. The van der Waals surface area contributed by atoms with Crippen molar-refractivity contribution in [1.29, 1.82) is 0 Å². The third-order valence-corrected chi connectivity index (χ3v) is 4.96. The first-order valence-electron chi connectivity index (χ1n) is 9.97. The molecule has 1 aliphatic rings. The van der Waals surface area contributed by atoms with Crippen molar-refractivity contribution in [3.05, 3.63) is 59.6 Å². The average Bonchev–Trinajstić information content (AvgIpc) is 3.25. The van der Waals surface area contributed by atoms with E-state index in [0.29, 0.717) is 18.3 Å². The molecule has 0 spiro atoms. The van der Waals surface area contributed by atoms with Crippen molar-refractivity contribution in [2.24, 2.45) is 4.99 Å². The molecule has 0 amide bonds. The van der Waals surface area contributed by atoms with Crippen LogP contribution >= 0.6 is 0 Å². The maximum absolute atomic E-state index is 13.4. The number of hydrogen-bond acceptors (Lipinski definition) is 4. The normalized spacial score (nSPS) is 17.3. The van der Waals surface area contributed by atoms with Gasteiger partial charge in [0.15, 0.2) is 17.6 Å². The molecule has 2 aromatic rings. The molecule has 29 heavy (non-hydrogen) atoms. The molecule has 2 heterocycles. The van der Waals surface area contributed by atoms with E-state index in [4.69, 9.17) is 4.42 Å². The zero-order valence-electron chi connectivity index (χ0n) is 16.6. The highest BCUT2D eigenvalue weighted by Gasteiger charge is 2.20. The fraction of sp³-hybridized carbons (Fsp3) is 0.476. The number of guanidine groups is 1. The summed E-state index contributed by atoms with van der Waals surface area (Å²) in [6.07, 6.45) is 2.57. The minimum Gasteiger partial charge on any atom is -0.467 e. The summed E-state index contributed by atoms with van der Waals surface area (Å²) in [4.78, 5) is 6.69. The van der Waals surface area contributed by atoms with Gasteiger partial charge in [-0.1, -0.05) is 6.07 Å². The molecule has 6 nitrogen and oxygen atoms in total. The van der Waals surface area contributed by atoms with Crippen LogP contribution in [-0.2, 0) is 6.54 Å². The number of benzene rings is 1. The third-order valence-electron chi connectivity index (χ3n) is 4.96. The van der Waals surface area contributed by atoms with E-state index in [-0.39, 0.29) is 12.6 Å². The minimum absolute atomic E-state index is 0.206. The summed E-state index contributed by atoms with van der Waals surface area (Å²) < 4.78 is 31.7. The number of piperidine rings is 1. The monoisotopic (exact) mass is 406 g/mol. The van der Waals surface area contributed by atoms with Gasteiger partial charge in [0.1, 0.15) is 11.9 Å². The molecule has 3 N–H and O–H groups in total. The quantitative estimate of drug-likeness (QED) is 0.487. The van der Waals surface area contributed by atoms with E-state index in [1.165, 1.54) is 18.4 Å². The Morgan fingerprint density at radius 2 is 2.07 bits per heavy atom. The molecule has 1 fully saturated rings. The maximum atomic E-state index is 13.4. The largest absolute Gasteiger partial charge is 0.467 e. The summed E-state index contributed by atoms with van der Waals surface area (Å²) in [6.45, 7) is 5.23. The Kier molecular flexibility index (Phi) is 7.60. The Labute approximate surface area is 169 Å². The van der Waals surface area contributed by atoms with Crippen LogP contribution in [0.2, 0.25) is 0 Å². The minimum atomic E-state index is -0.816. The van der Waals surface area contributed by atoms with Crippen LogP contribution in [-0.4, -0.2) is 48.2 Å². The Hall–Kier alpha value is -2.45. The summed E-state index contributed by atoms with van der Waals surface area (Å²) in [6, 6.07) is 7.79. The van der Waals surface area contributed by atoms with E-state index in [9.17, 15) is 13.9 Å². The van der Waals surface area contributed by atoms with Crippen LogP contribution in [0.5, 0.6) is 0 Å². The molecule has 1 aromatic carbocycles. The molecule has 0 saturated carbocycles. The van der Waals surface area contributed by atoms with E-state index in [1.54, 1.807) is 18.2 Å². The summed E-state index contributed by atoms with van der Waals surface area (Å²) in [5.41, 5.74) is 0.775. The highest BCUT2D eigenvalue weighted by Crippen LogP contribution is 2.16. The second-order valence-electron chi connectivity index (χ2n) is 7.19. The van der Waals surface area contributed by atoms with E-state index in [2.05, 4.69) is 20.5 Å². The van der Waals surface area contributed by atoms with Crippen LogP contribution in [0.4, 0.5) is 8.78 Å². The van der Waals surface area contributed by atoms with Gasteiger partial charge in [-0.05, 0) is 49.6 Å². The van der Waals surface area contributed by atoms with Gasteiger partial charge >= 0.3 is 0 Å². The summed E-state index contributed by atoms with van der Waals surface area (Å²) in [7, 11) is 0. The van der Waals surface area contributed by atoms with Gasteiger partial charge < -0.3 is 20.2 Å². The molecule has 1 aromatic heterocycles. The Bertz CT molecular complexity index is 790. The molecular formula is C21H28F2N4O2. The lowest BCUT2D eigenvalue weighted by molar-refractivity contribution is 0.158. The van der Waals surface area contributed by atoms with Crippen molar-refractivity contribution in [2.45, 2.75) is 38.5 Å². The maximum Gasteiger partial charge on any atom is 0.191 e. The van der Waals surface area contributed by atoms with Crippen molar-refractivity contribution in [2.75, 3.05) is 26.2 Å². The lowest BCUT2D eigenvalue weighted by atomic mass is 10.0. The number of furan rings is 1. The van der Waals surface area contributed by atoms with Gasteiger partial charge in [0, 0.05) is 32.2 Å². The van der Waals surface area contributed by atoms with Gasteiger partial charge in [0.05, 0.1) is 12.8 Å². The third kappa shape index (κ3) is 6.27. The van der Waals surface area contributed by atoms with Crippen LogP contribution in [0.1, 0.15) is 37.2 Å². The first-order chi connectivity index (χ1) is 14.0. The molecule has 8 heteroatoms. The number of halogens is 2. The standard InChI is InChI=1S/C21H28F2N4O2/c1-2-24-21(25-13-19(28)20-4-3-11-29-20)26-16-7-9-27(10-8-16)14-15-5-6-17(22)18(23)12-15/h3-6,11-12,16,19,28H,2,7-10,13-14H2,1H3,(H2,24,25,26). The zero-order chi connectivity index (χ0) is 20.6. The molecule has 1 atom stereocenters. The first-order valence-corrected chi connectivity index (χ1v) is 9.97. The molecular weight excluding hydrogens is 378 g/mol. The number of aliphatic imine (C=N–C) groups is 1. The molecule has 1 aliphatic heterocycles. The number of nitrogens with one attached hydrogen (secondary N) is 2. The van der Waals surface area contributed by atoms with Crippen LogP contribution in [0.3, 0.4) is 0 Å². The highest BCUT2D eigenvalue weighted by molar-refractivity contribution is 5.80. The number of hydrogen-bond donors (Lipinski definition) is 3. The Morgan fingerprint density at radius 3 is 2.72 bits per heavy atom. The topological polar surface area (TPSA) is 73.0 Å². The van der Waals surface area contributed by atoms with Gasteiger partial charge in [0.2, 0.25) is 0 Å². The Balaban J connectivity index is 1.48. The van der Waals surface area contributed by atoms with E-state index in [0.717, 1.165) is 38.0 Å². The van der Waals surface area contributed by atoms with Crippen LogP contribution in [0.25, 0.3) is 0 Å². The van der Waals surface area contributed by atoms with E-state index >= 15 is 0 Å². The SMILES string of the molecule is CCNC(=NCC(O)c1ccco1)NC1CCN(Cc2ccc(F)c(F)c2)CC1. The lowest BCUT2D eigenvalue weighted by Crippen LogP contribution is -2.48. The lowest BCUT2D eigenvalue weighted by Gasteiger charge is -2.33. The smallest absolute Gasteiger partial charge is 0.191 e. The fourth-order valence-corrected chi connectivity index (χ4v) is 3.39. The average molecular weight is 406 g/mol. The summed E-state index contributed by atoms with van der Waals surface area (Å²) >= 11 is 0. The van der Waals surface area contributed by atoms with Gasteiger partial charge in [-0.2, -0.15) is 0 Å². The van der Waals surface area contributed by atoms with Crippen molar-refractivity contribution >= 4 is 5.96 Å². The summed E-state index contributed by atoms with van der Waals surface area (Å²) in [5, 5.41) is 16.7. The van der Waals surface area contributed by atoms with Gasteiger partial charge in [0.25, 0.3) is 0 Å². The highest BCUT2D eigenvalue weighted by atomic mass is 19.2. The summed E-state index contributed by atoms with van der Waals surface area (Å²) in [5.74, 6) is -0.460. The second-order valence-corrected chi connectivity index (χ2v) is 7.19. The second kappa shape index (κ2) is 10.4. The van der Waals surface area contributed by atoms with Gasteiger partial charge in [-0.3, -0.25) is 9.89 Å². The van der Waals surface area contributed by atoms with Crippen LogP contribution in [0.15, 0.2) is 46.0 Å². The zero-order valence-corrected chi connectivity index (χ0v) is 16.6. The van der Waals surface area contributed by atoms with Crippen molar-refractivity contribution in [3.63, 3.8) is 0 Å². The predicted molar refractivity (Wildman–Crippen MR) is 107 cm³/mol. The molecule has 0 aliphatic carbocycles. The molecule has 1 unspecified atom stereocenters. The number of aliphatic hydroxyl groups is 1. The van der Waals surface area contributed by atoms with Gasteiger partial charge in [-0.15, -0.1) is 0 Å². The van der Waals surface area contributed by atoms with Crippen molar-refractivity contribution in [1.82, 2.24) is 15.5 Å². The van der Waals surface area contributed by atoms with Crippen LogP contribution in [0, 0.1) is 11.6 Å². The molecule has 1 saturated heterocycles. The Morgan fingerprint density at radius 1 is 1.28 bits per heavy atom. The number of nitrogens with zero attached hydrogens (tertiary/aromatic N) is 2. The van der Waals surface area contributed by atoms with Crippen molar-refractivity contribution in [3.8, 4) is 0 Å². The number of likely N-dealkylation sites (tertiary alicyclic amines) is 1. The van der Waals surface area contributed by atoms with Crippen molar-refractivity contribution < 1.29 is 18.3 Å². The molecule has 0 bridgehead atoms. The van der Waals surface area contributed by atoms with Gasteiger partial charge in [-0.25, -0.2) is 8.78 Å². The number of rotatable bonds is 7. The molecule has 3 rings (SSSR count). The fourth-order valence-electron chi connectivity index (χ4n) is 3.39. The number of aliphatic hydroxyl groups excluding tert-OH is 1. The van der Waals surface area contributed by atoms with Crippen LogP contribution < -0.4 is 10.6 Å². The molecule has 0 radical (unpaired) electrons. The van der Waals surface area contributed by atoms with E-state index < -0.39 is 17.7 Å². The van der Waals surface area contributed by atoms with E-state index in [1.807, 2.05) is 6.92 Å².